The number of carbonyl (C=O) groups is 2. The zero-order valence-corrected chi connectivity index (χ0v) is 18.7. The summed E-state index contributed by atoms with van der Waals surface area (Å²) in [4.78, 5) is 29.0. The van der Waals surface area contributed by atoms with Crippen LogP contribution in [0.2, 0.25) is 0 Å². The largest absolute Gasteiger partial charge is 0.416 e. The van der Waals surface area contributed by atoms with Crippen LogP contribution in [0.5, 0.6) is 0 Å². The fraction of sp³-hybridized carbons (Fsp3) is 0.478. The van der Waals surface area contributed by atoms with Gasteiger partial charge in [-0.2, -0.15) is 13.2 Å². The number of carbonyl (C=O) groups excluding carboxylic acids is 2. The summed E-state index contributed by atoms with van der Waals surface area (Å²) in [6.45, 7) is 2.93. The summed E-state index contributed by atoms with van der Waals surface area (Å²) in [6, 6.07) is 8.04. The van der Waals surface area contributed by atoms with Crippen LogP contribution < -0.4 is 0 Å². The molecule has 9 heteroatoms. The molecule has 6 nitrogen and oxygen atoms in total. The lowest BCUT2D eigenvalue weighted by Gasteiger charge is -2.28. The number of nitrogens with zero attached hydrogens (tertiary/aromatic N) is 3. The topological polar surface area (TPSA) is 54.8 Å². The van der Waals surface area contributed by atoms with E-state index in [1.165, 1.54) is 24.1 Å². The fourth-order valence-corrected chi connectivity index (χ4v) is 3.23. The number of benzene rings is 1. The Morgan fingerprint density at radius 3 is 2.44 bits per heavy atom. The summed E-state index contributed by atoms with van der Waals surface area (Å²) in [6.07, 6.45) is -0.974. The zero-order valence-electron chi connectivity index (χ0n) is 18.7. The Labute approximate surface area is 186 Å². The molecule has 2 aromatic rings. The van der Waals surface area contributed by atoms with Gasteiger partial charge in [0.25, 0.3) is 5.91 Å². The van der Waals surface area contributed by atoms with Gasteiger partial charge < -0.3 is 19.1 Å². The van der Waals surface area contributed by atoms with Gasteiger partial charge >= 0.3 is 6.18 Å². The molecule has 0 aliphatic carbocycles. The molecular weight excluding hydrogens is 423 g/mol. The predicted octanol–water partition coefficient (Wildman–Crippen LogP) is 3.96. The number of unbranched alkanes of at least 4 members (excludes halogenated alkanes) is 1. The molecule has 1 aromatic carbocycles. The van der Waals surface area contributed by atoms with E-state index >= 15 is 0 Å². The highest BCUT2D eigenvalue weighted by Crippen LogP contribution is 2.29. The summed E-state index contributed by atoms with van der Waals surface area (Å²) in [5.74, 6) is -0.910. The van der Waals surface area contributed by atoms with Crippen LogP contribution >= 0.6 is 0 Å². The molecule has 0 N–H and O–H groups in total. The molecule has 1 aromatic heterocycles. The second-order valence-electron chi connectivity index (χ2n) is 7.58. The first-order valence-electron chi connectivity index (χ1n) is 10.5. The van der Waals surface area contributed by atoms with Crippen molar-refractivity contribution in [3.8, 4) is 0 Å². The van der Waals surface area contributed by atoms with E-state index in [2.05, 4.69) is 0 Å². The second kappa shape index (κ2) is 11.7. The number of aromatic nitrogens is 1. The summed E-state index contributed by atoms with van der Waals surface area (Å²) in [5, 5.41) is 0. The molecule has 0 bridgehead atoms. The zero-order chi connectivity index (χ0) is 23.7. The van der Waals surface area contributed by atoms with Crippen molar-refractivity contribution in [1.29, 1.82) is 0 Å². The standard InChI is InChI=1S/C23H30F3N3O3/c1-4-5-12-28(16-20-10-7-11-27(20)2)21(30)17-29(13-14-32-3)22(31)18-8-6-9-19(15-18)23(24,25)26/h6-11,15H,4-5,12-14,16-17H2,1-3H3. The predicted molar refractivity (Wildman–Crippen MR) is 115 cm³/mol. The first kappa shape index (κ1) is 25.5. The van der Waals surface area contributed by atoms with Crippen LogP contribution in [-0.4, -0.2) is 59.5 Å². The lowest BCUT2D eigenvalue weighted by atomic mass is 10.1. The van der Waals surface area contributed by atoms with Gasteiger partial charge in [0.2, 0.25) is 5.91 Å². The van der Waals surface area contributed by atoms with Gasteiger partial charge in [-0.3, -0.25) is 9.59 Å². The van der Waals surface area contributed by atoms with E-state index in [4.69, 9.17) is 4.74 Å². The molecular formula is C23H30F3N3O3. The van der Waals surface area contributed by atoms with Crippen molar-refractivity contribution in [3.63, 3.8) is 0 Å². The SMILES string of the molecule is CCCCN(Cc1cccn1C)C(=O)CN(CCOC)C(=O)c1cccc(C(F)(F)F)c1. The number of alkyl halides is 3. The van der Waals surface area contributed by atoms with Gasteiger partial charge in [-0.15, -0.1) is 0 Å². The highest BCUT2D eigenvalue weighted by Gasteiger charge is 2.31. The molecule has 32 heavy (non-hydrogen) atoms. The van der Waals surface area contributed by atoms with Crippen molar-refractivity contribution in [2.24, 2.45) is 7.05 Å². The van der Waals surface area contributed by atoms with E-state index in [0.717, 1.165) is 30.7 Å². The van der Waals surface area contributed by atoms with Gasteiger partial charge in [0.1, 0.15) is 6.54 Å². The van der Waals surface area contributed by atoms with E-state index in [1.807, 2.05) is 36.9 Å². The minimum Gasteiger partial charge on any atom is -0.383 e. The quantitative estimate of drug-likeness (QED) is 0.518. The molecule has 0 aliphatic rings. The Balaban J connectivity index is 2.22. The molecule has 0 unspecified atom stereocenters. The van der Waals surface area contributed by atoms with Crippen molar-refractivity contribution in [1.82, 2.24) is 14.4 Å². The maximum atomic E-state index is 13.1. The number of rotatable bonds is 11. The van der Waals surface area contributed by atoms with Crippen LogP contribution in [0, 0.1) is 0 Å². The molecule has 0 fully saturated rings. The smallest absolute Gasteiger partial charge is 0.383 e. The first-order chi connectivity index (χ1) is 15.2. The van der Waals surface area contributed by atoms with Crippen molar-refractivity contribution in [3.05, 3.63) is 59.4 Å². The lowest BCUT2D eigenvalue weighted by molar-refractivity contribution is -0.137. The number of aryl methyl sites for hydroxylation is 1. The number of halogens is 3. The molecule has 0 atom stereocenters. The molecule has 0 aliphatic heterocycles. The van der Waals surface area contributed by atoms with Crippen LogP contribution in [0.1, 0.15) is 41.4 Å². The Morgan fingerprint density at radius 1 is 1.09 bits per heavy atom. The second-order valence-corrected chi connectivity index (χ2v) is 7.58. The van der Waals surface area contributed by atoms with Gasteiger partial charge in [0.15, 0.2) is 0 Å². The molecule has 0 radical (unpaired) electrons. The van der Waals surface area contributed by atoms with Gasteiger partial charge in [-0.05, 0) is 36.8 Å². The normalized spacial score (nSPS) is 11.4. The minimum atomic E-state index is -4.56. The highest BCUT2D eigenvalue weighted by molar-refractivity contribution is 5.96. The summed E-state index contributed by atoms with van der Waals surface area (Å²) < 4.78 is 46.2. The van der Waals surface area contributed by atoms with Crippen LogP contribution in [-0.2, 0) is 29.3 Å². The third kappa shape index (κ3) is 7.12. The van der Waals surface area contributed by atoms with Crippen LogP contribution in [0.3, 0.4) is 0 Å². The maximum absolute atomic E-state index is 13.1. The molecule has 2 rings (SSSR count). The molecule has 1 heterocycles. The van der Waals surface area contributed by atoms with E-state index in [1.54, 1.807) is 4.90 Å². The first-order valence-corrected chi connectivity index (χ1v) is 10.5. The molecule has 176 valence electrons. The fourth-order valence-electron chi connectivity index (χ4n) is 3.23. The van der Waals surface area contributed by atoms with Crippen molar-refractivity contribution in [2.75, 3.05) is 33.4 Å². The molecule has 0 saturated heterocycles. The van der Waals surface area contributed by atoms with E-state index < -0.39 is 17.6 Å². The summed E-state index contributed by atoms with van der Waals surface area (Å²) in [5.41, 5.74) is -0.0805. The summed E-state index contributed by atoms with van der Waals surface area (Å²) >= 11 is 0. The van der Waals surface area contributed by atoms with E-state index in [-0.39, 0.29) is 31.2 Å². The van der Waals surface area contributed by atoms with E-state index in [0.29, 0.717) is 13.1 Å². The minimum absolute atomic E-state index is 0.0864. The third-order valence-corrected chi connectivity index (χ3v) is 5.15. The van der Waals surface area contributed by atoms with Crippen LogP contribution in [0.25, 0.3) is 0 Å². The Morgan fingerprint density at radius 2 is 1.84 bits per heavy atom. The average molecular weight is 454 g/mol. The number of ether oxygens (including phenoxy) is 1. The Kier molecular flexibility index (Phi) is 9.31. The van der Waals surface area contributed by atoms with Crippen molar-refractivity contribution in [2.45, 2.75) is 32.5 Å². The number of hydrogen-bond acceptors (Lipinski definition) is 3. The van der Waals surface area contributed by atoms with Crippen molar-refractivity contribution >= 4 is 11.8 Å². The number of hydrogen-bond donors (Lipinski definition) is 0. The highest BCUT2D eigenvalue weighted by atomic mass is 19.4. The maximum Gasteiger partial charge on any atom is 0.416 e. The average Bonchev–Trinajstić information content (AvgIpc) is 3.17. The van der Waals surface area contributed by atoms with Gasteiger partial charge in [-0.1, -0.05) is 19.4 Å². The number of amides is 2. The number of methoxy groups -OCH3 is 1. The van der Waals surface area contributed by atoms with Crippen LogP contribution in [0.15, 0.2) is 42.6 Å². The van der Waals surface area contributed by atoms with Gasteiger partial charge in [0.05, 0.1) is 18.7 Å². The van der Waals surface area contributed by atoms with Crippen LogP contribution in [0.4, 0.5) is 13.2 Å². The summed E-state index contributed by atoms with van der Waals surface area (Å²) in [7, 11) is 3.34. The van der Waals surface area contributed by atoms with Gasteiger partial charge in [-0.25, -0.2) is 0 Å². The molecule has 0 saturated carbocycles. The Hall–Kier alpha value is -2.81. The lowest BCUT2D eigenvalue weighted by Crippen LogP contribution is -2.44. The van der Waals surface area contributed by atoms with E-state index in [9.17, 15) is 22.8 Å². The third-order valence-electron chi connectivity index (χ3n) is 5.15. The van der Waals surface area contributed by atoms with Crippen molar-refractivity contribution < 1.29 is 27.5 Å². The molecule has 2 amide bonds. The molecule has 0 spiro atoms. The Bertz CT molecular complexity index is 896. The van der Waals surface area contributed by atoms with Gasteiger partial charge in [0, 0.05) is 44.7 Å². The monoisotopic (exact) mass is 453 g/mol.